The molecule has 0 heterocycles. The Balaban J connectivity index is 2.35. The summed E-state index contributed by atoms with van der Waals surface area (Å²) in [5.41, 5.74) is 2.07. The normalized spacial score (nSPS) is 10.2. The number of benzene rings is 2. The van der Waals surface area contributed by atoms with Crippen LogP contribution in [-0.2, 0) is 0 Å². The van der Waals surface area contributed by atoms with Gasteiger partial charge in [0.15, 0.2) is 11.5 Å². The van der Waals surface area contributed by atoms with Crippen molar-refractivity contribution < 1.29 is 9.84 Å². The van der Waals surface area contributed by atoms with E-state index in [2.05, 4.69) is 12.1 Å². The zero-order chi connectivity index (χ0) is 12.3. The van der Waals surface area contributed by atoms with Crippen molar-refractivity contribution in [1.82, 2.24) is 0 Å². The van der Waals surface area contributed by atoms with Crippen molar-refractivity contribution in [2.24, 2.45) is 0 Å². The summed E-state index contributed by atoms with van der Waals surface area (Å²) in [5.74, 6) is 0.661. The van der Waals surface area contributed by atoms with Gasteiger partial charge < -0.3 is 9.84 Å². The quantitative estimate of drug-likeness (QED) is 0.835. The zero-order valence-corrected chi connectivity index (χ0v) is 10.6. The molecule has 2 rings (SSSR count). The Kier molecular flexibility index (Phi) is 3.59. The van der Waals surface area contributed by atoms with Crippen molar-refractivity contribution in [3.8, 4) is 22.6 Å². The third-order valence-electron chi connectivity index (χ3n) is 2.60. The minimum absolute atomic E-state index is 0.166. The van der Waals surface area contributed by atoms with E-state index in [4.69, 9.17) is 4.74 Å². The summed E-state index contributed by atoms with van der Waals surface area (Å²) in [6, 6.07) is 13.7. The highest BCUT2D eigenvalue weighted by molar-refractivity contribution is 7.98. The van der Waals surface area contributed by atoms with E-state index in [1.54, 1.807) is 31.0 Å². The van der Waals surface area contributed by atoms with Gasteiger partial charge in [-0.1, -0.05) is 18.2 Å². The maximum absolute atomic E-state index is 9.72. The summed E-state index contributed by atoms with van der Waals surface area (Å²) < 4.78 is 5.02. The summed E-state index contributed by atoms with van der Waals surface area (Å²) in [7, 11) is 1.54. The van der Waals surface area contributed by atoms with Crippen LogP contribution in [0.1, 0.15) is 0 Å². The summed E-state index contributed by atoms with van der Waals surface area (Å²) in [6.07, 6.45) is 2.05. The van der Waals surface area contributed by atoms with E-state index in [0.29, 0.717) is 5.75 Å². The van der Waals surface area contributed by atoms with E-state index in [1.165, 1.54) is 4.90 Å². The molecule has 0 atom stereocenters. The highest BCUT2D eigenvalue weighted by Gasteiger charge is 2.04. The molecule has 0 spiro atoms. The van der Waals surface area contributed by atoms with Crippen molar-refractivity contribution in [3.05, 3.63) is 42.5 Å². The van der Waals surface area contributed by atoms with Crippen LogP contribution in [0.5, 0.6) is 11.5 Å². The monoisotopic (exact) mass is 246 g/mol. The molecular weight excluding hydrogens is 232 g/mol. The van der Waals surface area contributed by atoms with Crippen LogP contribution < -0.4 is 4.74 Å². The van der Waals surface area contributed by atoms with Gasteiger partial charge in [-0.15, -0.1) is 11.8 Å². The first-order valence-corrected chi connectivity index (χ1v) is 6.48. The van der Waals surface area contributed by atoms with Crippen molar-refractivity contribution >= 4 is 11.8 Å². The molecule has 0 radical (unpaired) electrons. The Morgan fingerprint density at radius 2 is 1.65 bits per heavy atom. The smallest absolute Gasteiger partial charge is 0.160 e. The molecule has 2 aromatic carbocycles. The Labute approximate surface area is 105 Å². The van der Waals surface area contributed by atoms with Crippen LogP contribution >= 0.6 is 11.8 Å². The minimum atomic E-state index is 0.166. The lowest BCUT2D eigenvalue weighted by Crippen LogP contribution is -1.84. The molecule has 0 aliphatic rings. The predicted octanol–water partition coefficient (Wildman–Crippen LogP) is 3.79. The van der Waals surface area contributed by atoms with Crippen molar-refractivity contribution in [2.45, 2.75) is 4.90 Å². The fraction of sp³-hybridized carbons (Fsp3) is 0.143. The van der Waals surface area contributed by atoms with Gasteiger partial charge in [-0.05, 0) is 41.6 Å². The Morgan fingerprint density at radius 1 is 1.00 bits per heavy atom. The van der Waals surface area contributed by atoms with E-state index < -0.39 is 0 Å². The Hall–Kier alpha value is -1.61. The van der Waals surface area contributed by atoms with Crippen LogP contribution in [0, 0.1) is 0 Å². The van der Waals surface area contributed by atoms with Gasteiger partial charge in [0, 0.05) is 4.90 Å². The van der Waals surface area contributed by atoms with Crippen molar-refractivity contribution in [2.75, 3.05) is 13.4 Å². The lowest BCUT2D eigenvalue weighted by atomic mass is 10.1. The summed E-state index contributed by atoms with van der Waals surface area (Å²) in [4.78, 5) is 1.23. The fourth-order valence-corrected chi connectivity index (χ4v) is 2.06. The summed E-state index contributed by atoms with van der Waals surface area (Å²) in [5, 5.41) is 9.72. The molecule has 0 saturated carbocycles. The molecule has 0 aliphatic heterocycles. The van der Waals surface area contributed by atoms with Crippen molar-refractivity contribution in [3.63, 3.8) is 0 Å². The molecule has 0 fully saturated rings. The highest BCUT2D eigenvalue weighted by Crippen LogP contribution is 2.31. The third-order valence-corrected chi connectivity index (χ3v) is 3.35. The highest BCUT2D eigenvalue weighted by atomic mass is 32.2. The van der Waals surface area contributed by atoms with Crippen LogP contribution in [0.25, 0.3) is 11.1 Å². The van der Waals surface area contributed by atoms with Crippen LogP contribution in [0.4, 0.5) is 0 Å². The molecular formula is C14H14O2S. The summed E-state index contributed by atoms with van der Waals surface area (Å²) >= 11 is 1.71. The molecule has 2 aromatic rings. The second-order valence-electron chi connectivity index (χ2n) is 3.62. The number of thioether (sulfide) groups is 1. The number of hydrogen-bond donors (Lipinski definition) is 1. The average Bonchev–Trinajstić information content (AvgIpc) is 2.39. The zero-order valence-electron chi connectivity index (χ0n) is 9.81. The number of hydrogen-bond acceptors (Lipinski definition) is 3. The van der Waals surface area contributed by atoms with Gasteiger partial charge in [0.2, 0.25) is 0 Å². The Morgan fingerprint density at radius 3 is 2.18 bits per heavy atom. The molecule has 0 aromatic heterocycles. The van der Waals surface area contributed by atoms with Crippen LogP contribution in [-0.4, -0.2) is 18.5 Å². The van der Waals surface area contributed by atoms with E-state index in [-0.39, 0.29) is 5.75 Å². The van der Waals surface area contributed by atoms with E-state index in [0.717, 1.165) is 11.1 Å². The topological polar surface area (TPSA) is 29.5 Å². The molecule has 17 heavy (non-hydrogen) atoms. The molecule has 0 aliphatic carbocycles. The third kappa shape index (κ3) is 2.56. The minimum Gasteiger partial charge on any atom is -0.504 e. The molecule has 0 unspecified atom stereocenters. The first kappa shape index (κ1) is 11.9. The SMILES string of the molecule is COc1ccc(-c2ccc(SC)cc2)cc1O. The van der Waals surface area contributed by atoms with Gasteiger partial charge >= 0.3 is 0 Å². The maximum Gasteiger partial charge on any atom is 0.160 e. The number of phenolic OH excluding ortho intramolecular Hbond substituents is 1. The average molecular weight is 246 g/mol. The number of aromatic hydroxyl groups is 1. The molecule has 0 bridgehead atoms. The predicted molar refractivity (Wildman–Crippen MR) is 71.9 cm³/mol. The van der Waals surface area contributed by atoms with Crippen LogP contribution in [0.2, 0.25) is 0 Å². The summed E-state index contributed by atoms with van der Waals surface area (Å²) in [6.45, 7) is 0. The van der Waals surface area contributed by atoms with Crippen LogP contribution in [0.3, 0.4) is 0 Å². The van der Waals surface area contributed by atoms with Gasteiger partial charge in [0.25, 0.3) is 0 Å². The van der Waals surface area contributed by atoms with E-state index in [9.17, 15) is 5.11 Å². The van der Waals surface area contributed by atoms with Gasteiger partial charge in [-0.3, -0.25) is 0 Å². The standard InChI is InChI=1S/C14H14O2S/c1-16-14-8-5-11(9-13(14)15)10-3-6-12(17-2)7-4-10/h3-9,15H,1-2H3. The lowest BCUT2D eigenvalue weighted by molar-refractivity contribution is 0.373. The van der Waals surface area contributed by atoms with Gasteiger partial charge in [-0.2, -0.15) is 0 Å². The maximum atomic E-state index is 9.72. The number of methoxy groups -OCH3 is 1. The number of phenols is 1. The fourth-order valence-electron chi connectivity index (χ4n) is 1.65. The molecule has 0 saturated heterocycles. The molecule has 88 valence electrons. The number of rotatable bonds is 3. The van der Waals surface area contributed by atoms with E-state index >= 15 is 0 Å². The molecule has 0 amide bonds. The van der Waals surface area contributed by atoms with Crippen molar-refractivity contribution in [1.29, 1.82) is 0 Å². The second-order valence-corrected chi connectivity index (χ2v) is 4.49. The van der Waals surface area contributed by atoms with Gasteiger partial charge in [0.05, 0.1) is 7.11 Å². The second kappa shape index (κ2) is 5.15. The Bertz CT molecular complexity index is 506. The first-order chi connectivity index (χ1) is 8.24. The molecule has 1 N–H and O–H groups in total. The van der Waals surface area contributed by atoms with Crippen LogP contribution in [0.15, 0.2) is 47.4 Å². The first-order valence-electron chi connectivity index (χ1n) is 5.26. The largest absolute Gasteiger partial charge is 0.504 e. The molecule has 3 heteroatoms. The molecule has 2 nitrogen and oxygen atoms in total. The lowest BCUT2D eigenvalue weighted by Gasteiger charge is -2.07. The van der Waals surface area contributed by atoms with Gasteiger partial charge in [0.1, 0.15) is 0 Å². The van der Waals surface area contributed by atoms with E-state index in [1.807, 2.05) is 24.5 Å². The number of ether oxygens (including phenoxy) is 1. The van der Waals surface area contributed by atoms with Gasteiger partial charge in [-0.25, -0.2) is 0 Å².